The Morgan fingerprint density at radius 3 is 2.81 bits per heavy atom. The van der Waals surface area contributed by atoms with Crippen LogP contribution in [0.25, 0.3) is 23.0 Å². The predicted octanol–water partition coefficient (Wildman–Crippen LogP) is 5.16. The number of ether oxygens (including phenoxy) is 2. The van der Waals surface area contributed by atoms with Crippen molar-refractivity contribution in [2.24, 2.45) is 0 Å². The number of aromatic nitrogens is 3. The number of carbonyl (C=O) groups excluding carboxylic acids is 1. The number of rotatable bonds is 9. The Kier molecular flexibility index (Phi) is 7.72. The van der Waals surface area contributed by atoms with Gasteiger partial charge in [0.05, 0.1) is 18.9 Å². The van der Waals surface area contributed by atoms with Gasteiger partial charge in [0.15, 0.2) is 0 Å². The van der Waals surface area contributed by atoms with Gasteiger partial charge in [-0.3, -0.25) is 9.78 Å². The van der Waals surface area contributed by atoms with Crippen molar-refractivity contribution in [1.82, 2.24) is 19.7 Å². The molecule has 188 valence electrons. The lowest BCUT2D eigenvalue weighted by Crippen LogP contribution is -2.35. The Morgan fingerprint density at radius 2 is 2.05 bits per heavy atom. The maximum atomic E-state index is 13.5. The Hall–Kier alpha value is -4.23. The van der Waals surface area contributed by atoms with Crippen molar-refractivity contribution in [3.8, 4) is 22.7 Å². The molecule has 3 heterocycles. The zero-order valence-electron chi connectivity index (χ0n) is 20.9. The van der Waals surface area contributed by atoms with Gasteiger partial charge in [-0.05, 0) is 60.9 Å². The van der Waals surface area contributed by atoms with E-state index in [0.717, 1.165) is 53.3 Å². The molecule has 1 fully saturated rings. The minimum absolute atomic E-state index is 0.0507. The number of methoxy groups -OCH3 is 1. The number of amides is 1. The summed E-state index contributed by atoms with van der Waals surface area (Å²) in [5.41, 5.74) is 4.43. The van der Waals surface area contributed by atoms with Gasteiger partial charge in [-0.2, -0.15) is 5.10 Å². The van der Waals surface area contributed by atoms with Gasteiger partial charge < -0.3 is 14.4 Å². The summed E-state index contributed by atoms with van der Waals surface area (Å²) in [7, 11) is 1.65. The average Bonchev–Trinajstić information content (AvgIpc) is 3.63. The van der Waals surface area contributed by atoms with Crippen LogP contribution in [0.5, 0.6) is 5.75 Å². The molecule has 1 amide bonds. The van der Waals surface area contributed by atoms with E-state index in [1.165, 1.54) is 0 Å². The number of pyridine rings is 1. The Labute approximate surface area is 217 Å². The smallest absolute Gasteiger partial charge is 0.246 e. The predicted molar refractivity (Wildman–Crippen MR) is 143 cm³/mol. The van der Waals surface area contributed by atoms with Crippen LogP contribution in [-0.2, 0) is 16.1 Å². The number of nitrogens with zero attached hydrogens (tertiary/aromatic N) is 4. The number of hydrogen-bond donors (Lipinski definition) is 0. The summed E-state index contributed by atoms with van der Waals surface area (Å²) < 4.78 is 13.0. The standard InChI is InChI=1S/C30H30N4O3/c1-36-27-12-5-8-23(18-27)20-33(22-28-13-7-17-37-28)29(35)15-14-25-21-34(26-10-3-2-4-11-26)32-30(25)24-9-6-16-31-19-24/h2-6,8-12,14-16,18-19,21,28H,7,13,17,20,22H2,1H3/b15-14-/t28-/m1/s1. The summed E-state index contributed by atoms with van der Waals surface area (Å²) in [6.45, 7) is 1.76. The minimum atomic E-state index is -0.0806. The molecule has 0 radical (unpaired) electrons. The van der Waals surface area contributed by atoms with E-state index < -0.39 is 0 Å². The van der Waals surface area contributed by atoms with E-state index in [1.807, 2.05) is 88.6 Å². The zero-order valence-corrected chi connectivity index (χ0v) is 20.9. The fraction of sp³-hybridized carbons (Fsp3) is 0.233. The van der Waals surface area contributed by atoms with Gasteiger partial charge in [-0.25, -0.2) is 4.68 Å². The molecule has 4 aromatic rings. The molecule has 0 N–H and O–H groups in total. The zero-order chi connectivity index (χ0) is 25.5. The molecule has 1 atom stereocenters. The lowest BCUT2D eigenvalue weighted by Gasteiger charge is -2.24. The molecule has 1 saturated heterocycles. The first-order chi connectivity index (χ1) is 18.2. The fourth-order valence-corrected chi connectivity index (χ4v) is 4.47. The molecule has 0 aliphatic carbocycles. The lowest BCUT2D eigenvalue weighted by atomic mass is 10.1. The van der Waals surface area contributed by atoms with E-state index in [9.17, 15) is 4.79 Å². The average molecular weight is 495 g/mol. The maximum absolute atomic E-state index is 13.5. The van der Waals surface area contributed by atoms with Crippen molar-refractivity contribution in [3.63, 3.8) is 0 Å². The van der Waals surface area contributed by atoms with E-state index in [1.54, 1.807) is 25.6 Å². The maximum Gasteiger partial charge on any atom is 0.246 e. The summed E-state index contributed by atoms with van der Waals surface area (Å²) in [5, 5.41) is 4.81. The third kappa shape index (κ3) is 6.13. The van der Waals surface area contributed by atoms with Gasteiger partial charge in [0.25, 0.3) is 0 Å². The van der Waals surface area contributed by atoms with Crippen molar-refractivity contribution in [1.29, 1.82) is 0 Å². The van der Waals surface area contributed by atoms with E-state index in [0.29, 0.717) is 13.1 Å². The first-order valence-corrected chi connectivity index (χ1v) is 12.5. The molecule has 1 aliphatic rings. The molecule has 0 bridgehead atoms. The molecular formula is C30H30N4O3. The highest BCUT2D eigenvalue weighted by atomic mass is 16.5. The van der Waals surface area contributed by atoms with Crippen LogP contribution in [-0.4, -0.2) is 51.9 Å². The SMILES string of the molecule is COc1cccc(CN(C[C@H]2CCCO2)C(=O)/C=C\c2cn(-c3ccccc3)nc2-c2cccnc2)c1. The van der Waals surface area contributed by atoms with E-state index >= 15 is 0 Å². The minimum Gasteiger partial charge on any atom is -0.497 e. The van der Waals surface area contributed by atoms with Crippen LogP contribution < -0.4 is 4.74 Å². The first kappa shape index (κ1) is 24.5. The van der Waals surface area contributed by atoms with Gasteiger partial charge >= 0.3 is 0 Å². The summed E-state index contributed by atoms with van der Waals surface area (Å²) in [4.78, 5) is 19.6. The van der Waals surface area contributed by atoms with Crippen molar-refractivity contribution < 1.29 is 14.3 Å². The molecule has 2 aromatic heterocycles. The number of benzene rings is 2. The van der Waals surface area contributed by atoms with Crippen LogP contribution in [0.15, 0.2) is 91.4 Å². The van der Waals surface area contributed by atoms with Gasteiger partial charge in [0, 0.05) is 55.5 Å². The van der Waals surface area contributed by atoms with Crippen molar-refractivity contribution in [2.45, 2.75) is 25.5 Å². The molecule has 7 nitrogen and oxygen atoms in total. The highest BCUT2D eigenvalue weighted by molar-refractivity contribution is 5.93. The highest BCUT2D eigenvalue weighted by Gasteiger charge is 2.22. The van der Waals surface area contributed by atoms with E-state index in [-0.39, 0.29) is 12.0 Å². The number of hydrogen-bond acceptors (Lipinski definition) is 5. The fourth-order valence-electron chi connectivity index (χ4n) is 4.47. The molecule has 0 unspecified atom stereocenters. The Morgan fingerprint density at radius 1 is 1.16 bits per heavy atom. The molecule has 5 rings (SSSR count). The van der Waals surface area contributed by atoms with Crippen LogP contribution in [0.2, 0.25) is 0 Å². The van der Waals surface area contributed by atoms with Crippen LogP contribution >= 0.6 is 0 Å². The Balaban J connectivity index is 1.43. The quantitative estimate of drug-likeness (QED) is 0.301. The summed E-state index contributed by atoms with van der Waals surface area (Å²) in [6, 6.07) is 21.6. The summed E-state index contributed by atoms with van der Waals surface area (Å²) in [6.07, 6.45) is 11.0. The van der Waals surface area contributed by atoms with E-state index in [2.05, 4.69) is 4.98 Å². The molecule has 7 heteroatoms. The molecule has 0 spiro atoms. The summed E-state index contributed by atoms with van der Waals surface area (Å²) >= 11 is 0. The highest BCUT2D eigenvalue weighted by Crippen LogP contribution is 2.25. The molecule has 2 aromatic carbocycles. The Bertz CT molecular complexity index is 1350. The second kappa shape index (κ2) is 11.7. The van der Waals surface area contributed by atoms with Crippen LogP contribution in [0.3, 0.4) is 0 Å². The second-order valence-electron chi connectivity index (χ2n) is 8.99. The summed E-state index contributed by atoms with van der Waals surface area (Å²) in [5.74, 6) is 0.690. The third-order valence-corrected chi connectivity index (χ3v) is 6.37. The van der Waals surface area contributed by atoms with E-state index in [4.69, 9.17) is 14.6 Å². The van der Waals surface area contributed by atoms with Gasteiger partial charge in [-0.15, -0.1) is 0 Å². The molecule has 1 aliphatic heterocycles. The van der Waals surface area contributed by atoms with Crippen molar-refractivity contribution in [3.05, 3.63) is 103 Å². The molecular weight excluding hydrogens is 464 g/mol. The molecule has 37 heavy (non-hydrogen) atoms. The first-order valence-electron chi connectivity index (χ1n) is 12.5. The van der Waals surface area contributed by atoms with Gasteiger partial charge in [-0.1, -0.05) is 30.3 Å². The monoisotopic (exact) mass is 494 g/mol. The van der Waals surface area contributed by atoms with Crippen molar-refractivity contribution >= 4 is 12.0 Å². The van der Waals surface area contributed by atoms with Crippen LogP contribution in [0.1, 0.15) is 24.0 Å². The van der Waals surface area contributed by atoms with Crippen molar-refractivity contribution in [2.75, 3.05) is 20.3 Å². The number of para-hydroxylation sites is 1. The van der Waals surface area contributed by atoms with Gasteiger partial charge in [0.2, 0.25) is 5.91 Å². The lowest BCUT2D eigenvalue weighted by molar-refractivity contribution is -0.128. The molecule has 0 saturated carbocycles. The second-order valence-corrected chi connectivity index (χ2v) is 8.99. The topological polar surface area (TPSA) is 69.5 Å². The normalized spacial score (nSPS) is 15.2. The largest absolute Gasteiger partial charge is 0.497 e. The van der Waals surface area contributed by atoms with Crippen LogP contribution in [0, 0.1) is 0 Å². The number of carbonyl (C=O) groups is 1. The van der Waals surface area contributed by atoms with Crippen LogP contribution in [0.4, 0.5) is 0 Å². The third-order valence-electron chi connectivity index (χ3n) is 6.37. The van der Waals surface area contributed by atoms with Gasteiger partial charge in [0.1, 0.15) is 11.4 Å².